The highest BCUT2D eigenvalue weighted by molar-refractivity contribution is 5.84. The van der Waals surface area contributed by atoms with Crippen LogP contribution in [0.1, 0.15) is 12.8 Å². The second kappa shape index (κ2) is 4.79. The number of benzene rings is 1. The number of likely N-dealkylation sites (tertiary alicyclic amines) is 1. The van der Waals surface area contributed by atoms with Crippen LogP contribution in [0.25, 0.3) is 10.9 Å². The summed E-state index contributed by atoms with van der Waals surface area (Å²) in [7, 11) is 0. The van der Waals surface area contributed by atoms with Crippen molar-refractivity contribution >= 4 is 22.5 Å². The first-order valence-electron chi connectivity index (χ1n) is 6.46. The number of aromatic nitrogens is 2. The Morgan fingerprint density at radius 2 is 2.05 bits per heavy atom. The molecule has 1 fully saturated rings. The average molecular weight is 260 g/mol. The Balaban J connectivity index is 1.69. The van der Waals surface area contributed by atoms with Gasteiger partial charge >= 0.3 is 0 Å². The molecule has 0 saturated carbocycles. The highest BCUT2D eigenvalue weighted by atomic mass is 16.2. The van der Waals surface area contributed by atoms with Gasteiger partial charge < -0.3 is 10.2 Å². The summed E-state index contributed by atoms with van der Waals surface area (Å²) in [6, 6.07) is 5.42. The van der Waals surface area contributed by atoms with Crippen molar-refractivity contribution in [3.63, 3.8) is 0 Å². The lowest BCUT2D eigenvalue weighted by molar-refractivity contribution is -0.128. The maximum Gasteiger partial charge on any atom is 0.271 e. The molecule has 6 nitrogen and oxygen atoms in total. The molecule has 2 aromatic rings. The summed E-state index contributed by atoms with van der Waals surface area (Å²) in [5.41, 5.74) is 1.40. The van der Waals surface area contributed by atoms with E-state index in [1.54, 1.807) is 6.07 Å². The van der Waals surface area contributed by atoms with E-state index in [0.717, 1.165) is 37.1 Å². The molecule has 0 unspecified atom stereocenters. The molecule has 6 heteroatoms. The first-order chi connectivity index (χ1) is 9.24. The monoisotopic (exact) mass is 260 g/mol. The fourth-order valence-electron chi connectivity index (χ4n) is 2.40. The first-order valence-corrected chi connectivity index (χ1v) is 6.46. The molecular weight excluding hydrogens is 244 g/mol. The maximum absolute atomic E-state index is 11.9. The van der Waals surface area contributed by atoms with Crippen molar-refractivity contribution in [2.24, 2.45) is 0 Å². The topological polar surface area (TPSA) is 81.0 Å². The molecule has 1 saturated heterocycles. The molecule has 3 rings (SSSR count). The summed E-state index contributed by atoms with van der Waals surface area (Å²) in [6.07, 6.45) is 2.19. The van der Waals surface area contributed by atoms with Crippen LogP contribution >= 0.6 is 0 Å². The van der Waals surface area contributed by atoms with Gasteiger partial charge in [0, 0.05) is 18.8 Å². The number of rotatable bonds is 3. The van der Waals surface area contributed by atoms with Crippen molar-refractivity contribution in [2.45, 2.75) is 12.8 Å². The lowest BCUT2D eigenvalue weighted by atomic mass is 10.2. The van der Waals surface area contributed by atoms with E-state index in [2.05, 4.69) is 15.5 Å². The molecule has 0 atom stereocenters. The number of anilines is 1. The minimum absolute atomic E-state index is 0.112. The van der Waals surface area contributed by atoms with Crippen molar-refractivity contribution in [3.05, 3.63) is 28.6 Å². The van der Waals surface area contributed by atoms with Gasteiger partial charge in [0.2, 0.25) is 5.91 Å². The highest BCUT2D eigenvalue weighted by Gasteiger charge is 2.17. The summed E-state index contributed by atoms with van der Waals surface area (Å²) < 4.78 is 0. The first kappa shape index (κ1) is 11.8. The predicted octanol–water partition coefficient (Wildman–Crippen LogP) is 0.890. The number of aromatic amines is 2. The van der Waals surface area contributed by atoms with Crippen LogP contribution in [0.2, 0.25) is 0 Å². The number of amides is 1. The van der Waals surface area contributed by atoms with E-state index in [9.17, 15) is 9.59 Å². The fraction of sp³-hybridized carbons (Fsp3) is 0.385. The third kappa shape index (κ3) is 2.33. The van der Waals surface area contributed by atoms with E-state index in [1.165, 1.54) is 0 Å². The molecule has 2 heterocycles. The Kier molecular flexibility index (Phi) is 2.98. The van der Waals surface area contributed by atoms with E-state index in [0.29, 0.717) is 5.39 Å². The maximum atomic E-state index is 11.9. The van der Waals surface area contributed by atoms with E-state index in [4.69, 9.17) is 0 Å². The lowest BCUT2D eigenvalue weighted by Crippen LogP contribution is -2.32. The van der Waals surface area contributed by atoms with Crippen LogP contribution in [0.4, 0.5) is 5.69 Å². The molecule has 1 amide bonds. The van der Waals surface area contributed by atoms with Gasteiger partial charge in [-0.25, -0.2) is 0 Å². The number of hydrogen-bond acceptors (Lipinski definition) is 3. The van der Waals surface area contributed by atoms with Crippen molar-refractivity contribution in [2.75, 3.05) is 25.0 Å². The average Bonchev–Trinajstić information content (AvgIpc) is 3.07. The Morgan fingerprint density at radius 1 is 1.26 bits per heavy atom. The normalized spacial score (nSPS) is 15.1. The van der Waals surface area contributed by atoms with Crippen LogP contribution in [0.3, 0.4) is 0 Å². The second-order valence-electron chi connectivity index (χ2n) is 4.78. The van der Waals surface area contributed by atoms with Crippen molar-refractivity contribution in [1.82, 2.24) is 15.1 Å². The van der Waals surface area contributed by atoms with E-state index < -0.39 is 0 Å². The van der Waals surface area contributed by atoms with Crippen LogP contribution in [0.5, 0.6) is 0 Å². The Hall–Kier alpha value is -2.24. The van der Waals surface area contributed by atoms with Gasteiger partial charge in [0.1, 0.15) is 0 Å². The Labute approximate surface area is 109 Å². The zero-order valence-electron chi connectivity index (χ0n) is 10.5. The van der Waals surface area contributed by atoms with Crippen LogP contribution in [-0.4, -0.2) is 40.6 Å². The van der Waals surface area contributed by atoms with Gasteiger partial charge in [0.05, 0.1) is 17.4 Å². The number of hydrogen-bond donors (Lipinski definition) is 3. The number of fused-ring (bicyclic) bond motifs is 1. The van der Waals surface area contributed by atoms with Crippen molar-refractivity contribution in [3.8, 4) is 0 Å². The largest absolute Gasteiger partial charge is 0.376 e. The molecule has 1 aromatic heterocycles. The summed E-state index contributed by atoms with van der Waals surface area (Å²) in [5.74, 6) is 0.112. The number of carbonyl (C=O) groups excluding carboxylic acids is 1. The molecule has 3 N–H and O–H groups in total. The fourth-order valence-corrected chi connectivity index (χ4v) is 2.40. The molecular formula is C13H16N4O2. The standard InChI is InChI=1S/C13H16N4O2/c18-12(17-5-1-2-6-17)8-14-9-3-4-11-10(7-9)13(19)16-15-11/h3-4,7,14H,1-2,5-6,8H2,(H2,15,16,19). The zero-order valence-corrected chi connectivity index (χ0v) is 10.5. The molecule has 1 aromatic carbocycles. The zero-order chi connectivity index (χ0) is 13.2. The number of nitrogens with zero attached hydrogens (tertiary/aromatic N) is 1. The molecule has 19 heavy (non-hydrogen) atoms. The minimum atomic E-state index is -0.149. The van der Waals surface area contributed by atoms with E-state index in [-0.39, 0.29) is 18.0 Å². The predicted molar refractivity (Wildman–Crippen MR) is 73.2 cm³/mol. The van der Waals surface area contributed by atoms with Crippen molar-refractivity contribution < 1.29 is 4.79 Å². The Bertz CT molecular complexity index is 652. The van der Waals surface area contributed by atoms with E-state index >= 15 is 0 Å². The van der Waals surface area contributed by atoms with Gasteiger partial charge in [-0.15, -0.1) is 0 Å². The molecule has 0 radical (unpaired) electrons. The van der Waals surface area contributed by atoms with Crippen LogP contribution in [0.15, 0.2) is 23.0 Å². The van der Waals surface area contributed by atoms with Gasteiger partial charge in [-0.3, -0.25) is 19.8 Å². The number of H-pyrrole nitrogens is 2. The van der Waals surface area contributed by atoms with Gasteiger partial charge in [-0.2, -0.15) is 0 Å². The second-order valence-corrected chi connectivity index (χ2v) is 4.78. The molecule has 1 aliphatic heterocycles. The van der Waals surface area contributed by atoms with Gasteiger partial charge in [0.25, 0.3) is 5.56 Å². The van der Waals surface area contributed by atoms with Crippen molar-refractivity contribution in [1.29, 1.82) is 0 Å². The van der Waals surface area contributed by atoms with Gasteiger partial charge in [-0.1, -0.05) is 0 Å². The molecule has 0 bridgehead atoms. The molecule has 0 aliphatic carbocycles. The van der Waals surface area contributed by atoms with Gasteiger partial charge in [0.15, 0.2) is 0 Å². The third-order valence-corrected chi connectivity index (χ3v) is 3.48. The SMILES string of the molecule is O=C(CNc1ccc2[nH][nH]c(=O)c2c1)N1CCCC1. The smallest absolute Gasteiger partial charge is 0.271 e. The highest BCUT2D eigenvalue weighted by Crippen LogP contribution is 2.14. The summed E-state index contributed by atoms with van der Waals surface area (Å²) in [6.45, 7) is 1.99. The van der Waals surface area contributed by atoms with Gasteiger partial charge in [-0.05, 0) is 31.0 Å². The van der Waals surface area contributed by atoms with E-state index in [1.807, 2.05) is 17.0 Å². The molecule has 1 aliphatic rings. The summed E-state index contributed by atoms with van der Waals surface area (Å²) >= 11 is 0. The Morgan fingerprint density at radius 3 is 2.84 bits per heavy atom. The number of nitrogens with one attached hydrogen (secondary N) is 3. The summed E-state index contributed by atoms with van der Waals surface area (Å²) in [4.78, 5) is 25.2. The van der Waals surface area contributed by atoms with Crippen LogP contribution in [0, 0.1) is 0 Å². The third-order valence-electron chi connectivity index (χ3n) is 3.48. The minimum Gasteiger partial charge on any atom is -0.376 e. The molecule has 100 valence electrons. The number of carbonyl (C=O) groups is 1. The quantitative estimate of drug-likeness (QED) is 0.766. The van der Waals surface area contributed by atoms with Crippen LogP contribution in [-0.2, 0) is 4.79 Å². The lowest BCUT2D eigenvalue weighted by Gasteiger charge is -2.15. The molecule has 0 spiro atoms. The summed E-state index contributed by atoms with van der Waals surface area (Å²) in [5, 5.41) is 8.98. The van der Waals surface area contributed by atoms with Crippen LogP contribution < -0.4 is 10.9 Å².